The minimum absolute atomic E-state index is 0.0494. The number of phenols is 1. The Labute approximate surface area is 188 Å². The molecule has 0 aliphatic carbocycles. The van der Waals surface area contributed by atoms with E-state index in [1.807, 2.05) is 12.1 Å². The smallest absolute Gasteiger partial charge is 0.209 e. The van der Waals surface area contributed by atoms with Crippen LogP contribution in [0.15, 0.2) is 30.3 Å². The van der Waals surface area contributed by atoms with Gasteiger partial charge in [0.1, 0.15) is 11.5 Å². The average molecular weight is 761 g/mol. The number of carbonyl (C=O) groups excluding carboxylic acids is 1. The highest BCUT2D eigenvalue weighted by molar-refractivity contribution is 14.1. The Morgan fingerprint density at radius 3 is 2.26 bits per heavy atom. The van der Waals surface area contributed by atoms with Crippen LogP contribution in [0, 0.1) is 10.7 Å². The van der Waals surface area contributed by atoms with Gasteiger partial charge in [0.15, 0.2) is 5.75 Å². The van der Waals surface area contributed by atoms with Gasteiger partial charge in [0.25, 0.3) is 0 Å². The van der Waals surface area contributed by atoms with E-state index < -0.39 is 6.04 Å². The number of halogens is 4. The first-order valence-corrected chi connectivity index (χ1v) is 10.7. The number of phenolic OH excluding ortho intramolecular Hbond substituents is 1. The van der Waals surface area contributed by atoms with Crippen molar-refractivity contribution < 1.29 is 14.6 Å². The van der Waals surface area contributed by atoms with Gasteiger partial charge in [0.05, 0.1) is 16.8 Å². The van der Waals surface area contributed by atoms with Crippen LogP contribution in [0.3, 0.4) is 0 Å². The van der Waals surface area contributed by atoms with Crippen molar-refractivity contribution in [1.82, 2.24) is 0 Å². The van der Waals surface area contributed by atoms with Gasteiger partial charge in [-0.3, -0.25) is 4.79 Å². The Morgan fingerprint density at radius 2 is 1.74 bits per heavy atom. The molecule has 0 aromatic heterocycles. The molecule has 122 valence electrons. The van der Waals surface area contributed by atoms with Crippen LogP contribution < -0.4 is 10.5 Å². The minimum atomic E-state index is -0.493. The molecule has 23 heavy (non-hydrogen) atoms. The van der Waals surface area contributed by atoms with Gasteiger partial charge < -0.3 is 15.6 Å². The first-order chi connectivity index (χ1) is 10.8. The van der Waals surface area contributed by atoms with E-state index in [2.05, 4.69) is 67.8 Å². The molecule has 3 N–H and O–H groups in total. The van der Waals surface area contributed by atoms with E-state index >= 15 is 0 Å². The Morgan fingerprint density at radius 1 is 1.13 bits per heavy atom. The van der Waals surface area contributed by atoms with Crippen LogP contribution in [-0.4, -0.2) is 14.9 Å². The van der Waals surface area contributed by atoms with Gasteiger partial charge in [0.2, 0.25) is 3.79 Å². The van der Waals surface area contributed by atoms with E-state index in [-0.39, 0.29) is 9.54 Å². The molecule has 0 unspecified atom stereocenters. The lowest BCUT2D eigenvalue weighted by Crippen LogP contribution is -2.28. The standard InChI is InChI=1S/C15H11I4NO3/c16-9-6-8(1-2-13(9)21)23-14-10(17)3-7(4-11(14)18)5-12(20)15(19)22/h1-4,6,12,21H,5,20H2/t12-/m0/s1. The first kappa shape index (κ1) is 19.9. The van der Waals surface area contributed by atoms with Crippen LogP contribution >= 0.6 is 90.4 Å². The number of nitrogens with two attached hydrogens (primary N) is 1. The minimum Gasteiger partial charge on any atom is -0.507 e. The van der Waals surface area contributed by atoms with Crippen molar-refractivity contribution in [1.29, 1.82) is 0 Å². The Kier molecular flexibility index (Phi) is 7.62. The lowest BCUT2D eigenvalue weighted by atomic mass is 10.1. The zero-order valence-electron chi connectivity index (χ0n) is 11.5. The number of hydrogen-bond acceptors (Lipinski definition) is 4. The molecule has 0 fully saturated rings. The molecule has 2 aromatic carbocycles. The van der Waals surface area contributed by atoms with Crippen molar-refractivity contribution in [2.75, 3.05) is 0 Å². The molecular formula is C15H11I4NO3. The Balaban J connectivity index is 2.26. The van der Waals surface area contributed by atoms with E-state index in [0.29, 0.717) is 12.2 Å². The van der Waals surface area contributed by atoms with Gasteiger partial charge in [-0.05, 0) is 110 Å². The third kappa shape index (κ3) is 5.54. The highest BCUT2D eigenvalue weighted by Crippen LogP contribution is 2.35. The summed E-state index contributed by atoms with van der Waals surface area (Å²) in [6.07, 6.45) is 0.505. The molecule has 2 aromatic rings. The summed E-state index contributed by atoms with van der Waals surface area (Å²) < 4.78 is 8.52. The Hall–Kier alpha value is 0.590. The van der Waals surface area contributed by atoms with Gasteiger partial charge in [-0.1, -0.05) is 0 Å². The second-order valence-corrected chi connectivity index (χ2v) is 9.27. The van der Waals surface area contributed by atoms with Gasteiger partial charge >= 0.3 is 0 Å². The zero-order valence-corrected chi connectivity index (χ0v) is 20.2. The van der Waals surface area contributed by atoms with Crippen LogP contribution in [-0.2, 0) is 11.2 Å². The third-order valence-corrected chi connectivity index (χ3v) is 6.21. The van der Waals surface area contributed by atoms with E-state index in [9.17, 15) is 9.90 Å². The van der Waals surface area contributed by atoms with Gasteiger partial charge in [-0.2, -0.15) is 0 Å². The summed E-state index contributed by atoms with van der Waals surface area (Å²) in [5.74, 6) is 1.65. The van der Waals surface area contributed by atoms with Gasteiger partial charge in [-0.25, -0.2) is 0 Å². The van der Waals surface area contributed by atoms with Crippen LogP contribution in [0.1, 0.15) is 5.56 Å². The second kappa shape index (κ2) is 8.80. The topological polar surface area (TPSA) is 72.6 Å². The molecule has 1 atom stereocenters. The average Bonchev–Trinajstić information content (AvgIpc) is 2.46. The maximum absolute atomic E-state index is 11.3. The number of carbonyl (C=O) groups is 1. The van der Waals surface area contributed by atoms with Crippen molar-refractivity contribution in [3.05, 3.63) is 46.6 Å². The van der Waals surface area contributed by atoms with Crippen LogP contribution in [0.4, 0.5) is 0 Å². The number of aromatic hydroxyl groups is 1. The van der Waals surface area contributed by atoms with Crippen LogP contribution in [0.5, 0.6) is 17.2 Å². The number of rotatable bonds is 5. The summed E-state index contributed by atoms with van der Waals surface area (Å²) in [5, 5.41) is 9.58. The summed E-state index contributed by atoms with van der Waals surface area (Å²) in [6.45, 7) is 0. The van der Waals surface area contributed by atoms with Crippen molar-refractivity contribution >= 4 is 94.2 Å². The monoisotopic (exact) mass is 761 g/mol. The number of hydrogen-bond donors (Lipinski definition) is 2. The fourth-order valence-corrected chi connectivity index (χ4v) is 4.66. The predicted molar refractivity (Wildman–Crippen MR) is 123 cm³/mol. The third-order valence-electron chi connectivity index (χ3n) is 2.94. The summed E-state index contributed by atoms with van der Waals surface area (Å²) in [7, 11) is 0. The summed E-state index contributed by atoms with van der Waals surface area (Å²) in [6, 6.07) is 8.57. The quantitative estimate of drug-likeness (QED) is 0.339. The molecule has 0 aliphatic heterocycles. The molecule has 0 saturated carbocycles. The number of benzene rings is 2. The molecule has 0 radical (unpaired) electrons. The molecule has 4 nitrogen and oxygen atoms in total. The highest BCUT2D eigenvalue weighted by Gasteiger charge is 2.15. The Bertz CT molecular complexity index is 728. The van der Waals surface area contributed by atoms with Gasteiger partial charge in [0, 0.05) is 22.6 Å². The maximum atomic E-state index is 11.3. The molecule has 2 rings (SSSR count). The summed E-state index contributed by atoms with van der Waals surface area (Å²) in [5.41, 5.74) is 6.83. The highest BCUT2D eigenvalue weighted by atomic mass is 127. The lowest BCUT2D eigenvalue weighted by Gasteiger charge is -2.14. The molecule has 0 saturated heterocycles. The fourth-order valence-electron chi connectivity index (χ4n) is 1.83. The van der Waals surface area contributed by atoms with Crippen molar-refractivity contribution in [3.63, 3.8) is 0 Å². The van der Waals surface area contributed by atoms with Crippen LogP contribution in [0.2, 0.25) is 0 Å². The van der Waals surface area contributed by atoms with Crippen molar-refractivity contribution in [3.8, 4) is 17.2 Å². The van der Waals surface area contributed by atoms with Crippen molar-refractivity contribution in [2.45, 2.75) is 12.5 Å². The second-order valence-electron chi connectivity index (χ2n) is 4.72. The molecule has 8 heteroatoms. The molecule has 0 bridgehead atoms. The van der Waals surface area contributed by atoms with Gasteiger partial charge in [-0.15, -0.1) is 0 Å². The van der Waals surface area contributed by atoms with E-state index in [0.717, 1.165) is 22.0 Å². The van der Waals surface area contributed by atoms with Crippen molar-refractivity contribution in [2.24, 2.45) is 5.73 Å². The van der Waals surface area contributed by atoms with E-state index in [1.165, 1.54) is 0 Å². The maximum Gasteiger partial charge on any atom is 0.209 e. The lowest BCUT2D eigenvalue weighted by molar-refractivity contribution is -0.110. The fraction of sp³-hybridized carbons (Fsp3) is 0.133. The molecular weight excluding hydrogens is 750 g/mol. The largest absolute Gasteiger partial charge is 0.507 e. The summed E-state index contributed by atoms with van der Waals surface area (Å²) in [4.78, 5) is 11.3. The van der Waals surface area contributed by atoms with E-state index in [1.54, 1.807) is 40.8 Å². The predicted octanol–water partition coefficient (Wildman–Crippen LogP) is 4.83. The normalized spacial score (nSPS) is 12.0. The summed E-state index contributed by atoms with van der Waals surface area (Å²) >= 11 is 8.20. The molecule has 0 amide bonds. The molecule has 0 aliphatic rings. The molecule has 0 heterocycles. The molecule has 0 spiro atoms. The number of ether oxygens (including phenoxy) is 1. The SMILES string of the molecule is N[C@@H](Cc1cc(I)c(Oc2ccc(O)c(I)c2)c(I)c1)C(=O)I. The first-order valence-electron chi connectivity index (χ1n) is 6.37. The van der Waals surface area contributed by atoms with Crippen LogP contribution in [0.25, 0.3) is 0 Å². The zero-order chi connectivity index (χ0) is 17.1. The van der Waals surface area contributed by atoms with E-state index in [4.69, 9.17) is 10.5 Å².